The first-order chi connectivity index (χ1) is 9.89. The van der Waals surface area contributed by atoms with Gasteiger partial charge in [-0.05, 0) is 32.6 Å². The van der Waals surface area contributed by atoms with Gasteiger partial charge in [-0.15, -0.1) is 0 Å². The maximum absolute atomic E-state index is 12.8. The number of aromatic nitrogens is 1. The summed E-state index contributed by atoms with van der Waals surface area (Å²) in [6, 6.07) is -0.0877. The number of hydrogen-bond donors (Lipinski definition) is 1. The lowest BCUT2D eigenvalue weighted by Crippen LogP contribution is -2.39. The van der Waals surface area contributed by atoms with Gasteiger partial charge >= 0.3 is 0 Å². The van der Waals surface area contributed by atoms with Gasteiger partial charge in [-0.25, -0.2) is 8.42 Å². The van der Waals surface area contributed by atoms with Crippen LogP contribution in [-0.4, -0.2) is 42.9 Å². The van der Waals surface area contributed by atoms with E-state index in [0.29, 0.717) is 31.0 Å². The highest BCUT2D eigenvalue weighted by molar-refractivity contribution is 7.89. The molecule has 2 aliphatic heterocycles. The van der Waals surface area contributed by atoms with Crippen molar-refractivity contribution in [3.8, 4) is 0 Å². The van der Waals surface area contributed by atoms with Gasteiger partial charge in [0.15, 0.2) is 5.76 Å². The zero-order chi connectivity index (χ0) is 15.2. The number of rotatable bonds is 2. The molecule has 3 heterocycles. The van der Waals surface area contributed by atoms with E-state index in [1.54, 1.807) is 13.8 Å². The predicted octanol–water partition coefficient (Wildman–Crippen LogP) is 0.581. The van der Waals surface area contributed by atoms with Crippen molar-refractivity contribution in [2.45, 2.75) is 44.0 Å². The normalized spacial score (nSPS) is 27.2. The lowest BCUT2D eigenvalue weighted by atomic mass is 9.99. The van der Waals surface area contributed by atoms with Crippen LogP contribution in [0.1, 0.15) is 30.7 Å². The number of nitrogens with zero attached hydrogens (tertiary/aromatic N) is 2. The number of hydrogen-bond acceptors (Lipinski definition) is 5. The highest BCUT2D eigenvalue weighted by atomic mass is 32.2. The molecule has 116 valence electrons. The van der Waals surface area contributed by atoms with E-state index < -0.39 is 10.0 Å². The van der Waals surface area contributed by atoms with Crippen molar-refractivity contribution < 1.29 is 17.7 Å². The van der Waals surface area contributed by atoms with Crippen LogP contribution >= 0.6 is 0 Å². The predicted molar refractivity (Wildman–Crippen MR) is 74.0 cm³/mol. The van der Waals surface area contributed by atoms with Gasteiger partial charge in [0.2, 0.25) is 15.9 Å². The minimum atomic E-state index is -3.62. The number of nitrogens with one attached hydrogen (secondary N) is 1. The Morgan fingerprint density at radius 2 is 2.10 bits per heavy atom. The molecule has 0 spiro atoms. The highest BCUT2D eigenvalue weighted by Gasteiger charge is 2.42. The number of amides is 1. The van der Waals surface area contributed by atoms with Crippen LogP contribution in [0.2, 0.25) is 0 Å². The highest BCUT2D eigenvalue weighted by Crippen LogP contribution is 2.31. The van der Waals surface area contributed by atoms with Crippen molar-refractivity contribution in [2.75, 3.05) is 13.1 Å². The van der Waals surface area contributed by atoms with Crippen LogP contribution in [0.3, 0.4) is 0 Å². The van der Waals surface area contributed by atoms with Gasteiger partial charge in [0.1, 0.15) is 10.6 Å². The lowest BCUT2D eigenvalue weighted by molar-refractivity contribution is -0.121. The first-order valence-electron chi connectivity index (χ1n) is 7.12. The molecule has 2 atom stereocenters. The average molecular weight is 313 g/mol. The van der Waals surface area contributed by atoms with E-state index in [1.807, 2.05) is 0 Å². The monoisotopic (exact) mass is 313 g/mol. The second-order valence-corrected chi connectivity index (χ2v) is 7.68. The molecule has 2 aliphatic rings. The molecule has 2 unspecified atom stereocenters. The molecule has 3 rings (SSSR count). The second-order valence-electron chi connectivity index (χ2n) is 5.80. The Morgan fingerprint density at radius 1 is 1.33 bits per heavy atom. The van der Waals surface area contributed by atoms with E-state index in [9.17, 15) is 13.2 Å². The summed E-state index contributed by atoms with van der Waals surface area (Å²) >= 11 is 0. The molecule has 0 saturated carbocycles. The topological polar surface area (TPSA) is 92.5 Å². The average Bonchev–Trinajstić information content (AvgIpc) is 2.90. The van der Waals surface area contributed by atoms with Crippen LogP contribution in [0.15, 0.2) is 9.42 Å². The Hall–Kier alpha value is -1.41. The summed E-state index contributed by atoms with van der Waals surface area (Å²) in [5.41, 5.74) is 0.378. The van der Waals surface area contributed by atoms with Crippen LogP contribution in [0.5, 0.6) is 0 Å². The number of carbonyl (C=O) groups excluding carboxylic acids is 1. The number of carbonyl (C=O) groups is 1. The molecule has 1 aromatic heterocycles. The summed E-state index contributed by atoms with van der Waals surface area (Å²) < 4.78 is 31.9. The molecular formula is C13H19N3O4S. The second kappa shape index (κ2) is 5.10. The van der Waals surface area contributed by atoms with Gasteiger partial charge < -0.3 is 9.84 Å². The fourth-order valence-electron chi connectivity index (χ4n) is 3.26. The molecule has 8 heteroatoms. The number of aryl methyl sites for hydroxylation is 2. The van der Waals surface area contributed by atoms with Crippen LogP contribution in [-0.2, 0) is 14.8 Å². The maximum Gasteiger partial charge on any atom is 0.248 e. The van der Waals surface area contributed by atoms with Crippen LogP contribution in [0, 0.1) is 19.8 Å². The Morgan fingerprint density at radius 3 is 2.76 bits per heavy atom. The van der Waals surface area contributed by atoms with Crippen molar-refractivity contribution in [1.29, 1.82) is 0 Å². The van der Waals surface area contributed by atoms with Gasteiger partial charge in [0.25, 0.3) is 0 Å². The molecule has 7 nitrogen and oxygen atoms in total. The van der Waals surface area contributed by atoms with E-state index in [4.69, 9.17) is 4.52 Å². The quantitative estimate of drug-likeness (QED) is 0.862. The summed E-state index contributed by atoms with van der Waals surface area (Å²) in [7, 11) is -3.62. The third kappa shape index (κ3) is 2.46. The Balaban J connectivity index is 1.87. The van der Waals surface area contributed by atoms with E-state index >= 15 is 0 Å². The molecule has 21 heavy (non-hydrogen) atoms. The SMILES string of the molecule is Cc1noc(C)c1S(=O)(=O)N1CC2CCCC(=O)NC2C1. The summed E-state index contributed by atoms with van der Waals surface area (Å²) in [5, 5.41) is 6.65. The first-order valence-corrected chi connectivity index (χ1v) is 8.56. The molecular weight excluding hydrogens is 294 g/mol. The molecule has 1 amide bonds. The summed E-state index contributed by atoms with van der Waals surface area (Å²) in [6.45, 7) is 3.99. The van der Waals surface area contributed by atoms with Crippen LogP contribution in [0.25, 0.3) is 0 Å². The third-order valence-corrected chi connectivity index (χ3v) is 6.38. The van der Waals surface area contributed by atoms with E-state index in [-0.39, 0.29) is 22.8 Å². The smallest absolute Gasteiger partial charge is 0.248 e. The third-order valence-electron chi connectivity index (χ3n) is 4.30. The molecule has 2 fully saturated rings. The van der Waals surface area contributed by atoms with Crippen molar-refractivity contribution in [3.05, 3.63) is 11.5 Å². The molecule has 0 aliphatic carbocycles. The number of fused-ring (bicyclic) bond motifs is 1. The fourth-order valence-corrected chi connectivity index (χ4v) is 5.07. The van der Waals surface area contributed by atoms with Gasteiger partial charge in [-0.3, -0.25) is 4.79 Å². The molecule has 0 bridgehead atoms. The van der Waals surface area contributed by atoms with E-state index in [2.05, 4.69) is 10.5 Å². The largest absolute Gasteiger partial charge is 0.360 e. The Bertz CT molecular complexity index is 647. The molecule has 0 radical (unpaired) electrons. The summed E-state index contributed by atoms with van der Waals surface area (Å²) in [6.07, 6.45) is 2.22. The maximum atomic E-state index is 12.8. The van der Waals surface area contributed by atoms with Crippen molar-refractivity contribution in [1.82, 2.24) is 14.8 Å². The van der Waals surface area contributed by atoms with Crippen molar-refractivity contribution in [2.24, 2.45) is 5.92 Å². The zero-order valence-electron chi connectivity index (χ0n) is 12.1. The summed E-state index contributed by atoms with van der Waals surface area (Å²) in [4.78, 5) is 11.8. The van der Waals surface area contributed by atoms with Gasteiger partial charge in [0, 0.05) is 25.6 Å². The zero-order valence-corrected chi connectivity index (χ0v) is 12.9. The Kier molecular flexibility index (Phi) is 3.53. The molecule has 1 aromatic rings. The van der Waals surface area contributed by atoms with Gasteiger partial charge in [0.05, 0.1) is 0 Å². The standard InChI is InChI=1S/C13H19N3O4S/c1-8-13(9(2)20-15-8)21(18,19)16-6-10-4-3-5-12(17)14-11(10)7-16/h10-11H,3-7H2,1-2H3,(H,14,17). The minimum Gasteiger partial charge on any atom is -0.360 e. The first kappa shape index (κ1) is 14.5. The van der Waals surface area contributed by atoms with E-state index in [0.717, 1.165) is 12.8 Å². The summed E-state index contributed by atoms with van der Waals surface area (Å²) in [5.74, 6) is 0.509. The fraction of sp³-hybridized carbons (Fsp3) is 0.692. The van der Waals surface area contributed by atoms with Gasteiger partial charge in [-0.1, -0.05) is 5.16 Å². The molecule has 2 saturated heterocycles. The number of sulfonamides is 1. The molecule has 0 aromatic carbocycles. The molecule has 1 N–H and O–H groups in total. The van der Waals surface area contributed by atoms with Crippen molar-refractivity contribution >= 4 is 15.9 Å². The van der Waals surface area contributed by atoms with Crippen LogP contribution in [0.4, 0.5) is 0 Å². The minimum absolute atomic E-state index is 0.0130. The van der Waals surface area contributed by atoms with E-state index in [1.165, 1.54) is 4.31 Å². The van der Waals surface area contributed by atoms with Crippen LogP contribution < -0.4 is 5.32 Å². The lowest BCUT2D eigenvalue weighted by Gasteiger charge is -2.16. The van der Waals surface area contributed by atoms with Crippen molar-refractivity contribution in [3.63, 3.8) is 0 Å². The van der Waals surface area contributed by atoms with Gasteiger partial charge in [-0.2, -0.15) is 4.31 Å². The Labute approximate surface area is 123 Å².